The van der Waals surface area contributed by atoms with Crippen LogP contribution in [0.25, 0.3) is 6.08 Å². The Labute approximate surface area is 94.1 Å². The third kappa shape index (κ3) is 1.56. The first kappa shape index (κ1) is 9.09. The summed E-state index contributed by atoms with van der Waals surface area (Å²) in [5.74, 6) is 0. The van der Waals surface area contributed by atoms with Gasteiger partial charge in [0.25, 0.3) is 0 Å². The maximum atomic E-state index is 4.38. The number of pyridine rings is 1. The molecule has 2 aliphatic rings. The second-order valence-corrected chi connectivity index (χ2v) is 3.70. The van der Waals surface area contributed by atoms with Crippen molar-refractivity contribution in [3.8, 4) is 0 Å². The van der Waals surface area contributed by atoms with Crippen LogP contribution in [0.4, 0.5) is 0 Å². The number of rotatable bonds is 0. The smallest absolute Gasteiger partial charge is 0.0674 e. The molecule has 0 aliphatic carbocycles. The molecule has 0 saturated carbocycles. The predicted octanol–water partition coefficient (Wildman–Crippen LogP) is 2.35. The molecule has 3 nitrogen and oxygen atoms in total. The summed E-state index contributed by atoms with van der Waals surface area (Å²) in [6.45, 7) is 0.804. The van der Waals surface area contributed by atoms with Gasteiger partial charge >= 0.3 is 0 Å². The molecule has 0 aromatic carbocycles. The topological polar surface area (TPSA) is 28.5 Å². The summed E-state index contributed by atoms with van der Waals surface area (Å²) in [6, 6.07) is 4.04. The van der Waals surface area contributed by atoms with Gasteiger partial charge in [-0.2, -0.15) is 0 Å². The fourth-order valence-electron chi connectivity index (χ4n) is 1.83. The third-order valence-corrected chi connectivity index (χ3v) is 2.64. The minimum Gasteiger partial charge on any atom is -0.341 e. The van der Waals surface area contributed by atoms with Crippen LogP contribution >= 0.6 is 0 Å². The zero-order chi connectivity index (χ0) is 10.8. The quantitative estimate of drug-likeness (QED) is 0.656. The molecule has 0 saturated heterocycles. The molecule has 0 atom stereocenters. The van der Waals surface area contributed by atoms with E-state index in [-0.39, 0.29) is 0 Å². The zero-order valence-corrected chi connectivity index (χ0v) is 8.74. The lowest BCUT2D eigenvalue weighted by Crippen LogP contribution is -2.22. The van der Waals surface area contributed by atoms with Crippen LogP contribution in [-0.2, 0) is 6.54 Å². The molecule has 0 spiro atoms. The summed E-state index contributed by atoms with van der Waals surface area (Å²) < 4.78 is 0. The van der Waals surface area contributed by atoms with Gasteiger partial charge < -0.3 is 4.90 Å². The minimum absolute atomic E-state index is 0.804. The van der Waals surface area contributed by atoms with Crippen LogP contribution in [0.3, 0.4) is 0 Å². The number of aliphatic imine (C=N–C) groups is 1. The van der Waals surface area contributed by atoms with E-state index in [0.717, 1.165) is 17.9 Å². The van der Waals surface area contributed by atoms with Crippen molar-refractivity contribution >= 4 is 12.3 Å². The molecule has 3 heterocycles. The second-order valence-electron chi connectivity index (χ2n) is 3.70. The van der Waals surface area contributed by atoms with Gasteiger partial charge in [0.1, 0.15) is 0 Å². The minimum atomic E-state index is 0.804. The third-order valence-electron chi connectivity index (χ3n) is 2.64. The molecule has 2 aliphatic heterocycles. The van der Waals surface area contributed by atoms with Crippen molar-refractivity contribution in [3.63, 3.8) is 0 Å². The lowest BCUT2D eigenvalue weighted by Gasteiger charge is -2.26. The molecule has 1 aromatic rings. The van der Waals surface area contributed by atoms with Gasteiger partial charge in [-0.15, -0.1) is 0 Å². The van der Waals surface area contributed by atoms with Gasteiger partial charge in [-0.05, 0) is 29.9 Å². The van der Waals surface area contributed by atoms with Crippen molar-refractivity contribution in [1.82, 2.24) is 9.88 Å². The standard InChI is InChI=1S/C13H11N3/c1-2-7-16-10-13-11(4-3-6-15-13)8-12(16)9-14-5-1/h1-9H,10H2. The Kier molecular flexibility index (Phi) is 2.14. The average Bonchev–Trinajstić information content (AvgIpc) is 2.29. The van der Waals surface area contributed by atoms with E-state index in [1.807, 2.05) is 36.8 Å². The number of allylic oxidation sites excluding steroid dienone is 3. The van der Waals surface area contributed by atoms with Gasteiger partial charge in [-0.1, -0.05) is 6.07 Å². The van der Waals surface area contributed by atoms with E-state index < -0.39 is 0 Å². The molecule has 0 radical (unpaired) electrons. The van der Waals surface area contributed by atoms with Crippen molar-refractivity contribution in [2.24, 2.45) is 4.99 Å². The largest absolute Gasteiger partial charge is 0.341 e. The molecule has 0 N–H and O–H groups in total. The molecule has 78 valence electrons. The highest BCUT2D eigenvalue weighted by molar-refractivity contribution is 5.86. The highest BCUT2D eigenvalue weighted by atomic mass is 15.1. The van der Waals surface area contributed by atoms with Crippen LogP contribution in [0.15, 0.2) is 53.6 Å². The van der Waals surface area contributed by atoms with E-state index in [0.29, 0.717) is 0 Å². The average molecular weight is 209 g/mol. The van der Waals surface area contributed by atoms with Crippen molar-refractivity contribution < 1.29 is 0 Å². The molecule has 0 amide bonds. The monoisotopic (exact) mass is 209 g/mol. The normalized spacial score (nSPS) is 17.2. The van der Waals surface area contributed by atoms with Crippen LogP contribution < -0.4 is 0 Å². The Morgan fingerprint density at radius 2 is 2.25 bits per heavy atom. The maximum absolute atomic E-state index is 4.38. The van der Waals surface area contributed by atoms with Crippen LogP contribution in [-0.4, -0.2) is 16.1 Å². The molecule has 1 aromatic heterocycles. The molecule has 3 rings (SSSR count). The Hall–Kier alpha value is -2.16. The van der Waals surface area contributed by atoms with Crippen molar-refractivity contribution in [2.75, 3.05) is 0 Å². The Morgan fingerprint density at radius 1 is 1.25 bits per heavy atom. The number of hydrogen-bond donors (Lipinski definition) is 0. The van der Waals surface area contributed by atoms with Crippen molar-refractivity contribution in [3.05, 3.63) is 59.8 Å². The zero-order valence-electron chi connectivity index (χ0n) is 8.74. The van der Waals surface area contributed by atoms with Crippen LogP contribution in [0, 0.1) is 0 Å². The summed E-state index contributed by atoms with van der Waals surface area (Å²) >= 11 is 0. The first-order valence-corrected chi connectivity index (χ1v) is 5.22. The number of fused-ring (bicyclic) bond motifs is 2. The summed E-state index contributed by atoms with van der Waals surface area (Å²) in [7, 11) is 0. The first-order chi connectivity index (χ1) is 7.93. The molecule has 0 fully saturated rings. The predicted molar refractivity (Wildman–Crippen MR) is 64.5 cm³/mol. The number of hydrogen-bond acceptors (Lipinski definition) is 3. The lowest BCUT2D eigenvalue weighted by atomic mass is 10.1. The maximum Gasteiger partial charge on any atom is 0.0674 e. The van der Waals surface area contributed by atoms with Gasteiger partial charge in [0.2, 0.25) is 0 Å². The van der Waals surface area contributed by atoms with Crippen LogP contribution in [0.5, 0.6) is 0 Å². The van der Waals surface area contributed by atoms with Crippen molar-refractivity contribution in [1.29, 1.82) is 0 Å². The Morgan fingerprint density at radius 3 is 3.25 bits per heavy atom. The van der Waals surface area contributed by atoms with E-state index in [9.17, 15) is 0 Å². The van der Waals surface area contributed by atoms with E-state index >= 15 is 0 Å². The summed E-state index contributed by atoms with van der Waals surface area (Å²) in [5.41, 5.74) is 3.38. The van der Waals surface area contributed by atoms with Crippen LogP contribution in [0.2, 0.25) is 0 Å². The molecule has 3 heteroatoms. The molecular weight excluding hydrogens is 198 g/mol. The van der Waals surface area contributed by atoms with Gasteiger partial charge in [-0.3, -0.25) is 9.98 Å². The lowest BCUT2D eigenvalue weighted by molar-refractivity contribution is 0.471. The molecule has 16 heavy (non-hydrogen) atoms. The van der Waals surface area contributed by atoms with Gasteiger partial charge in [0.05, 0.1) is 24.2 Å². The highest BCUT2D eigenvalue weighted by Crippen LogP contribution is 2.22. The molecule has 0 unspecified atom stereocenters. The first-order valence-electron chi connectivity index (χ1n) is 5.22. The summed E-state index contributed by atoms with van der Waals surface area (Å²) in [5, 5.41) is 0. The summed E-state index contributed by atoms with van der Waals surface area (Å²) in [6.07, 6.45) is 13.5. The second kappa shape index (κ2) is 3.77. The van der Waals surface area contributed by atoms with Gasteiger partial charge in [0, 0.05) is 18.6 Å². The Balaban J connectivity index is 2.09. The van der Waals surface area contributed by atoms with Gasteiger partial charge in [0.15, 0.2) is 0 Å². The SMILES string of the molecule is C1=CN=CC2=Cc3cccnc3CN2C=C1. The number of aromatic nitrogens is 1. The molecule has 0 bridgehead atoms. The van der Waals surface area contributed by atoms with E-state index in [1.54, 1.807) is 6.20 Å². The number of nitrogens with zero attached hydrogens (tertiary/aromatic N) is 3. The fourth-order valence-corrected chi connectivity index (χ4v) is 1.83. The van der Waals surface area contributed by atoms with E-state index in [1.165, 1.54) is 5.56 Å². The highest BCUT2D eigenvalue weighted by Gasteiger charge is 2.15. The summed E-state index contributed by atoms with van der Waals surface area (Å²) in [4.78, 5) is 10.7. The van der Waals surface area contributed by atoms with E-state index in [4.69, 9.17) is 0 Å². The van der Waals surface area contributed by atoms with Gasteiger partial charge in [-0.25, -0.2) is 0 Å². The van der Waals surface area contributed by atoms with Crippen molar-refractivity contribution in [2.45, 2.75) is 6.54 Å². The van der Waals surface area contributed by atoms with E-state index in [2.05, 4.69) is 27.0 Å². The Bertz CT molecular complexity index is 524. The van der Waals surface area contributed by atoms with Crippen LogP contribution in [0.1, 0.15) is 11.3 Å². The molecular formula is C13H11N3. The fraction of sp³-hybridized carbons (Fsp3) is 0.0769.